The van der Waals surface area contributed by atoms with Crippen LogP contribution in [0.2, 0.25) is 0 Å². The van der Waals surface area contributed by atoms with Gasteiger partial charge in [0.1, 0.15) is 0 Å². The normalized spacial score (nSPS) is 10.5. The second kappa shape index (κ2) is 5.71. The van der Waals surface area contributed by atoms with Crippen molar-refractivity contribution in [2.24, 2.45) is 0 Å². The summed E-state index contributed by atoms with van der Waals surface area (Å²) in [5, 5.41) is 29.8. The Balaban J connectivity index is 2.39. The largest absolute Gasteiger partial charge is 0.502 e. The van der Waals surface area contributed by atoms with E-state index in [1.807, 2.05) is 31.2 Å². The van der Waals surface area contributed by atoms with Gasteiger partial charge in [-0.15, -0.1) is 0 Å². The van der Waals surface area contributed by atoms with Crippen LogP contribution >= 0.6 is 0 Å². The standard InChI is InChI=1S/C15H15NO4/c1-10-2-4-11(5-3-10)6-12-7-13(9-17)15(18)14(8-12)16(19)20/h2-5,7-8,17-18H,6,9H2,1H3. The van der Waals surface area contributed by atoms with Crippen molar-refractivity contribution < 1.29 is 15.1 Å². The van der Waals surface area contributed by atoms with Gasteiger partial charge < -0.3 is 10.2 Å². The van der Waals surface area contributed by atoms with Crippen LogP contribution in [-0.2, 0) is 13.0 Å². The number of aryl methyl sites for hydroxylation is 1. The fourth-order valence-electron chi connectivity index (χ4n) is 2.05. The molecule has 0 aliphatic rings. The third kappa shape index (κ3) is 2.95. The number of nitrogens with zero attached hydrogens (tertiary/aromatic N) is 1. The van der Waals surface area contributed by atoms with Gasteiger partial charge in [-0.2, -0.15) is 0 Å². The van der Waals surface area contributed by atoms with Crippen LogP contribution in [0.5, 0.6) is 5.75 Å². The summed E-state index contributed by atoms with van der Waals surface area (Å²) in [4.78, 5) is 10.3. The van der Waals surface area contributed by atoms with E-state index >= 15 is 0 Å². The van der Waals surface area contributed by atoms with Gasteiger partial charge in [0.25, 0.3) is 0 Å². The zero-order valence-electron chi connectivity index (χ0n) is 11.0. The van der Waals surface area contributed by atoms with Crippen LogP contribution in [0.4, 0.5) is 5.69 Å². The minimum atomic E-state index is -0.646. The fourth-order valence-corrected chi connectivity index (χ4v) is 2.05. The first-order chi connectivity index (χ1) is 9.51. The van der Waals surface area contributed by atoms with Gasteiger partial charge in [-0.1, -0.05) is 29.8 Å². The van der Waals surface area contributed by atoms with Gasteiger partial charge >= 0.3 is 5.69 Å². The Labute approximate surface area is 116 Å². The molecule has 0 radical (unpaired) electrons. The second-order valence-corrected chi connectivity index (χ2v) is 4.70. The van der Waals surface area contributed by atoms with Gasteiger partial charge in [0.15, 0.2) is 5.75 Å². The highest BCUT2D eigenvalue weighted by molar-refractivity contribution is 5.53. The molecule has 0 aromatic heterocycles. The lowest BCUT2D eigenvalue weighted by Gasteiger charge is -2.07. The van der Waals surface area contributed by atoms with Crippen LogP contribution in [0.1, 0.15) is 22.3 Å². The number of aliphatic hydroxyl groups excluding tert-OH is 1. The monoisotopic (exact) mass is 273 g/mol. The van der Waals surface area contributed by atoms with Gasteiger partial charge in [-0.25, -0.2) is 0 Å². The molecule has 2 rings (SSSR count). The zero-order valence-corrected chi connectivity index (χ0v) is 11.0. The molecule has 2 N–H and O–H groups in total. The van der Waals surface area contributed by atoms with E-state index in [-0.39, 0.29) is 11.3 Å². The highest BCUT2D eigenvalue weighted by Crippen LogP contribution is 2.32. The molecule has 5 nitrogen and oxygen atoms in total. The van der Waals surface area contributed by atoms with E-state index in [9.17, 15) is 15.2 Å². The van der Waals surface area contributed by atoms with Crippen molar-refractivity contribution in [3.8, 4) is 5.75 Å². The molecule has 0 heterocycles. The molecule has 0 aliphatic carbocycles. The summed E-state index contributed by atoms with van der Waals surface area (Å²) >= 11 is 0. The first kappa shape index (κ1) is 14.0. The van der Waals surface area contributed by atoms with Crippen LogP contribution in [0, 0.1) is 17.0 Å². The molecule has 0 spiro atoms. The number of aromatic hydroxyl groups is 1. The molecule has 0 unspecified atom stereocenters. The number of hydrogen-bond donors (Lipinski definition) is 2. The van der Waals surface area contributed by atoms with E-state index in [1.54, 1.807) is 6.07 Å². The third-order valence-electron chi connectivity index (χ3n) is 3.12. The first-order valence-electron chi connectivity index (χ1n) is 6.17. The Hall–Kier alpha value is -2.40. The molecular formula is C15H15NO4. The average Bonchev–Trinajstić information content (AvgIpc) is 2.42. The Morgan fingerprint density at radius 2 is 1.80 bits per heavy atom. The molecule has 2 aromatic carbocycles. The van der Waals surface area contributed by atoms with Crippen molar-refractivity contribution in [3.63, 3.8) is 0 Å². The van der Waals surface area contributed by atoms with Crippen molar-refractivity contribution in [2.45, 2.75) is 20.0 Å². The number of benzene rings is 2. The van der Waals surface area contributed by atoms with Crippen molar-refractivity contribution >= 4 is 5.69 Å². The van der Waals surface area contributed by atoms with Crippen molar-refractivity contribution in [2.75, 3.05) is 0 Å². The van der Waals surface area contributed by atoms with Crippen molar-refractivity contribution in [3.05, 3.63) is 68.8 Å². The molecule has 0 atom stereocenters. The van der Waals surface area contributed by atoms with Crippen LogP contribution < -0.4 is 0 Å². The quantitative estimate of drug-likeness (QED) is 0.662. The average molecular weight is 273 g/mol. The van der Waals surface area contributed by atoms with Gasteiger partial charge in [0.05, 0.1) is 11.5 Å². The molecule has 20 heavy (non-hydrogen) atoms. The molecule has 104 valence electrons. The molecular weight excluding hydrogens is 258 g/mol. The Kier molecular flexibility index (Phi) is 4.00. The molecule has 2 aromatic rings. The molecule has 5 heteroatoms. The lowest BCUT2D eigenvalue weighted by Crippen LogP contribution is -1.97. The molecule has 0 saturated heterocycles. The maximum Gasteiger partial charge on any atom is 0.311 e. The summed E-state index contributed by atoms with van der Waals surface area (Å²) in [6.07, 6.45) is 0.508. The zero-order chi connectivity index (χ0) is 14.7. The van der Waals surface area contributed by atoms with Crippen molar-refractivity contribution in [1.29, 1.82) is 0 Å². The SMILES string of the molecule is Cc1ccc(Cc2cc(CO)c(O)c([N+](=O)[O-])c2)cc1. The Morgan fingerprint density at radius 3 is 2.35 bits per heavy atom. The second-order valence-electron chi connectivity index (χ2n) is 4.70. The number of rotatable bonds is 4. The summed E-state index contributed by atoms with van der Waals surface area (Å²) in [6, 6.07) is 10.8. The maximum absolute atomic E-state index is 10.9. The summed E-state index contributed by atoms with van der Waals surface area (Å²) in [7, 11) is 0. The predicted molar refractivity (Wildman–Crippen MR) is 74.7 cm³/mol. The lowest BCUT2D eigenvalue weighted by molar-refractivity contribution is -0.386. The Bertz CT molecular complexity index is 635. The van der Waals surface area contributed by atoms with Crippen LogP contribution in [0.15, 0.2) is 36.4 Å². The van der Waals surface area contributed by atoms with Gasteiger partial charge in [-0.3, -0.25) is 10.1 Å². The molecule has 0 amide bonds. The topological polar surface area (TPSA) is 83.6 Å². The molecule has 0 fully saturated rings. The minimum absolute atomic E-state index is 0.168. The van der Waals surface area contributed by atoms with Crippen LogP contribution in [-0.4, -0.2) is 15.1 Å². The van der Waals surface area contributed by atoms with E-state index in [0.29, 0.717) is 12.0 Å². The number of phenols is 1. The number of aliphatic hydroxyl groups is 1. The highest BCUT2D eigenvalue weighted by Gasteiger charge is 2.18. The van der Waals surface area contributed by atoms with Gasteiger partial charge in [-0.05, 0) is 30.5 Å². The third-order valence-corrected chi connectivity index (χ3v) is 3.12. The molecule has 0 saturated carbocycles. The van der Waals surface area contributed by atoms with E-state index in [2.05, 4.69) is 0 Å². The molecule has 0 bridgehead atoms. The lowest BCUT2D eigenvalue weighted by atomic mass is 10.0. The number of hydrogen-bond acceptors (Lipinski definition) is 4. The predicted octanol–water partition coefficient (Wildman–Crippen LogP) is 2.69. The number of nitro benzene ring substituents is 1. The smallest absolute Gasteiger partial charge is 0.311 e. The summed E-state index contributed by atoms with van der Waals surface area (Å²) in [5.41, 5.74) is 2.63. The molecule has 0 aliphatic heterocycles. The number of nitro groups is 1. The van der Waals surface area contributed by atoms with E-state index in [0.717, 1.165) is 11.1 Å². The first-order valence-corrected chi connectivity index (χ1v) is 6.17. The van der Waals surface area contributed by atoms with Crippen LogP contribution in [0.25, 0.3) is 0 Å². The van der Waals surface area contributed by atoms with E-state index in [4.69, 9.17) is 5.11 Å². The van der Waals surface area contributed by atoms with E-state index in [1.165, 1.54) is 6.07 Å². The Morgan fingerprint density at radius 1 is 1.15 bits per heavy atom. The fraction of sp³-hybridized carbons (Fsp3) is 0.200. The highest BCUT2D eigenvalue weighted by atomic mass is 16.6. The summed E-state index contributed by atoms with van der Waals surface area (Å²) in [5.74, 6) is -0.467. The van der Waals surface area contributed by atoms with Gasteiger partial charge in [0, 0.05) is 11.6 Å². The van der Waals surface area contributed by atoms with E-state index < -0.39 is 17.3 Å². The van der Waals surface area contributed by atoms with Crippen molar-refractivity contribution in [1.82, 2.24) is 0 Å². The van der Waals surface area contributed by atoms with Gasteiger partial charge in [0.2, 0.25) is 0 Å². The minimum Gasteiger partial charge on any atom is -0.502 e. The maximum atomic E-state index is 10.9. The summed E-state index contributed by atoms with van der Waals surface area (Å²) < 4.78 is 0. The summed E-state index contributed by atoms with van der Waals surface area (Å²) in [6.45, 7) is 1.55. The van der Waals surface area contributed by atoms with Crippen LogP contribution in [0.3, 0.4) is 0 Å².